The van der Waals surface area contributed by atoms with E-state index in [0.717, 1.165) is 38.8 Å². The lowest BCUT2D eigenvalue weighted by molar-refractivity contribution is 0.794. The molecule has 6 heteroatoms. The topological polar surface area (TPSA) is 70.3 Å². The molecule has 0 amide bonds. The van der Waals surface area contributed by atoms with E-state index in [2.05, 4.69) is 33.4 Å². The highest BCUT2D eigenvalue weighted by Crippen LogP contribution is 2.30. The Bertz CT molecular complexity index is 1070. The fraction of sp³-hybridized carbons (Fsp3) is 0.105. The van der Waals surface area contributed by atoms with Gasteiger partial charge in [0, 0.05) is 35.5 Å². The molecule has 0 aliphatic rings. The molecule has 0 saturated carbocycles. The Morgan fingerprint density at radius 2 is 1.92 bits per heavy atom. The normalized spacial score (nSPS) is 10.9. The first-order valence-corrected chi connectivity index (χ1v) is 8.82. The van der Waals surface area contributed by atoms with Crippen LogP contribution in [0.4, 0.5) is 0 Å². The number of hydrogen-bond donors (Lipinski definition) is 1. The number of H-pyrrole nitrogens is 1. The van der Waals surface area contributed by atoms with E-state index < -0.39 is 0 Å². The molecule has 0 atom stereocenters. The monoisotopic (exact) mass is 345 g/mol. The molecule has 0 aliphatic carbocycles. The molecular formula is C19H15N5S. The second-order valence-electron chi connectivity index (χ2n) is 5.71. The van der Waals surface area contributed by atoms with Crippen LogP contribution < -0.4 is 0 Å². The summed E-state index contributed by atoms with van der Waals surface area (Å²) in [5.74, 6) is 1.63. The van der Waals surface area contributed by atoms with Crippen LogP contribution in [0.25, 0.3) is 22.3 Å². The van der Waals surface area contributed by atoms with Crippen molar-refractivity contribution < 1.29 is 0 Å². The standard InChI is InChI=1S/C19H15N5S/c1-24-18(16-11-21-17-5-3-2-4-15(16)17)22-23-19(24)25-12-14-8-6-13(10-20)7-9-14/h2-9,11,21H,12H2,1H3. The summed E-state index contributed by atoms with van der Waals surface area (Å²) < 4.78 is 2.02. The molecule has 0 bridgehead atoms. The van der Waals surface area contributed by atoms with E-state index in [9.17, 15) is 0 Å². The van der Waals surface area contributed by atoms with Crippen LogP contribution >= 0.6 is 11.8 Å². The molecule has 0 spiro atoms. The van der Waals surface area contributed by atoms with Gasteiger partial charge in [-0.25, -0.2) is 0 Å². The third kappa shape index (κ3) is 2.90. The van der Waals surface area contributed by atoms with Crippen molar-refractivity contribution in [2.24, 2.45) is 7.05 Å². The largest absolute Gasteiger partial charge is 0.360 e. The fourth-order valence-corrected chi connectivity index (χ4v) is 3.62. The lowest BCUT2D eigenvalue weighted by atomic mass is 10.1. The van der Waals surface area contributed by atoms with E-state index in [1.807, 2.05) is 54.2 Å². The average Bonchev–Trinajstić information content (AvgIpc) is 3.24. The summed E-state index contributed by atoms with van der Waals surface area (Å²) in [5.41, 5.74) is 3.97. The maximum Gasteiger partial charge on any atom is 0.191 e. The first-order valence-electron chi connectivity index (χ1n) is 7.84. The summed E-state index contributed by atoms with van der Waals surface area (Å²) in [6.45, 7) is 0. The first-order chi connectivity index (χ1) is 12.3. The lowest BCUT2D eigenvalue weighted by Gasteiger charge is -2.04. The van der Waals surface area contributed by atoms with E-state index in [-0.39, 0.29) is 0 Å². The Morgan fingerprint density at radius 1 is 1.12 bits per heavy atom. The van der Waals surface area contributed by atoms with Crippen LogP contribution in [0.3, 0.4) is 0 Å². The first kappa shape index (κ1) is 15.5. The van der Waals surface area contributed by atoms with Gasteiger partial charge in [0.1, 0.15) is 0 Å². The van der Waals surface area contributed by atoms with Crippen molar-refractivity contribution in [3.8, 4) is 17.5 Å². The molecule has 2 heterocycles. The molecule has 4 aromatic rings. The SMILES string of the molecule is Cn1c(SCc2ccc(C#N)cc2)nnc1-c1c[nH]c2ccccc12. The zero-order valence-electron chi connectivity index (χ0n) is 13.6. The number of nitriles is 1. The minimum absolute atomic E-state index is 0.675. The number of fused-ring (bicyclic) bond motifs is 1. The number of hydrogen-bond acceptors (Lipinski definition) is 4. The van der Waals surface area contributed by atoms with E-state index >= 15 is 0 Å². The minimum Gasteiger partial charge on any atom is -0.360 e. The van der Waals surface area contributed by atoms with Crippen molar-refractivity contribution in [3.63, 3.8) is 0 Å². The van der Waals surface area contributed by atoms with E-state index in [0.29, 0.717) is 5.56 Å². The van der Waals surface area contributed by atoms with Crippen LogP contribution in [-0.4, -0.2) is 19.7 Å². The van der Waals surface area contributed by atoms with E-state index in [4.69, 9.17) is 5.26 Å². The average molecular weight is 345 g/mol. The molecular weight excluding hydrogens is 330 g/mol. The van der Waals surface area contributed by atoms with Gasteiger partial charge >= 0.3 is 0 Å². The second kappa shape index (κ2) is 6.46. The Kier molecular flexibility index (Phi) is 4.00. The second-order valence-corrected chi connectivity index (χ2v) is 6.65. The molecule has 0 radical (unpaired) electrons. The summed E-state index contributed by atoms with van der Waals surface area (Å²) in [6.07, 6.45) is 1.98. The van der Waals surface area contributed by atoms with Crippen molar-refractivity contribution >= 4 is 22.7 Å². The van der Waals surface area contributed by atoms with Crippen molar-refractivity contribution in [2.75, 3.05) is 0 Å². The van der Waals surface area contributed by atoms with Crippen LogP contribution in [0.2, 0.25) is 0 Å². The molecule has 0 saturated heterocycles. The maximum atomic E-state index is 8.86. The number of rotatable bonds is 4. The molecule has 5 nitrogen and oxygen atoms in total. The number of nitrogens with zero attached hydrogens (tertiary/aromatic N) is 4. The Labute approximate surface area is 149 Å². The number of benzene rings is 2. The third-order valence-electron chi connectivity index (χ3n) is 4.12. The van der Waals surface area contributed by atoms with E-state index in [1.54, 1.807) is 11.8 Å². The zero-order chi connectivity index (χ0) is 17.2. The number of aromatic nitrogens is 4. The van der Waals surface area contributed by atoms with Crippen molar-refractivity contribution in [1.29, 1.82) is 5.26 Å². The van der Waals surface area contributed by atoms with Gasteiger partial charge in [-0.05, 0) is 23.8 Å². The molecule has 0 fully saturated rings. The predicted molar refractivity (Wildman–Crippen MR) is 99.0 cm³/mol. The number of nitrogens with one attached hydrogen (secondary N) is 1. The highest BCUT2D eigenvalue weighted by Gasteiger charge is 2.14. The van der Waals surface area contributed by atoms with Gasteiger partial charge in [0.05, 0.1) is 11.6 Å². The Morgan fingerprint density at radius 3 is 2.72 bits per heavy atom. The van der Waals surface area contributed by atoms with Gasteiger partial charge in [0.2, 0.25) is 0 Å². The van der Waals surface area contributed by atoms with Gasteiger partial charge in [-0.1, -0.05) is 42.1 Å². The molecule has 4 rings (SSSR count). The van der Waals surface area contributed by atoms with E-state index in [1.165, 1.54) is 0 Å². The smallest absolute Gasteiger partial charge is 0.191 e. The van der Waals surface area contributed by atoms with Gasteiger partial charge in [-0.15, -0.1) is 10.2 Å². The molecule has 1 N–H and O–H groups in total. The zero-order valence-corrected chi connectivity index (χ0v) is 14.4. The van der Waals surface area contributed by atoms with Crippen LogP contribution in [0, 0.1) is 11.3 Å². The van der Waals surface area contributed by atoms with Gasteiger partial charge in [-0.2, -0.15) is 5.26 Å². The summed E-state index contributed by atoms with van der Waals surface area (Å²) in [6, 6.07) is 17.9. The number of aromatic amines is 1. The molecule has 0 unspecified atom stereocenters. The highest BCUT2D eigenvalue weighted by molar-refractivity contribution is 7.98. The van der Waals surface area contributed by atoms with Crippen molar-refractivity contribution in [1.82, 2.24) is 19.7 Å². The Hall–Kier alpha value is -3.04. The molecule has 25 heavy (non-hydrogen) atoms. The molecule has 122 valence electrons. The van der Waals surface area contributed by atoms with Crippen LogP contribution in [0.1, 0.15) is 11.1 Å². The quantitative estimate of drug-likeness (QED) is 0.565. The number of para-hydroxylation sites is 1. The highest BCUT2D eigenvalue weighted by atomic mass is 32.2. The van der Waals surface area contributed by atoms with Gasteiger partial charge in [0.15, 0.2) is 11.0 Å². The van der Waals surface area contributed by atoms with Gasteiger partial charge in [-0.3, -0.25) is 0 Å². The summed E-state index contributed by atoms with van der Waals surface area (Å²) >= 11 is 1.63. The van der Waals surface area contributed by atoms with Gasteiger partial charge in [0.25, 0.3) is 0 Å². The molecule has 0 aliphatic heterocycles. The van der Waals surface area contributed by atoms with Crippen LogP contribution in [0.15, 0.2) is 59.9 Å². The number of thioether (sulfide) groups is 1. The van der Waals surface area contributed by atoms with Gasteiger partial charge < -0.3 is 9.55 Å². The van der Waals surface area contributed by atoms with Crippen LogP contribution in [-0.2, 0) is 12.8 Å². The summed E-state index contributed by atoms with van der Waals surface area (Å²) in [7, 11) is 1.98. The van der Waals surface area contributed by atoms with Crippen molar-refractivity contribution in [2.45, 2.75) is 10.9 Å². The maximum absolute atomic E-state index is 8.86. The van der Waals surface area contributed by atoms with Crippen molar-refractivity contribution in [3.05, 3.63) is 65.9 Å². The molecule has 2 aromatic carbocycles. The summed E-state index contributed by atoms with van der Waals surface area (Å²) in [5, 5.41) is 19.6. The van der Waals surface area contributed by atoms with Crippen LogP contribution in [0.5, 0.6) is 0 Å². The molecule has 2 aromatic heterocycles. The fourth-order valence-electron chi connectivity index (χ4n) is 2.76. The Balaban J connectivity index is 1.57. The lowest BCUT2D eigenvalue weighted by Crippen LogP contribution is -1.94. The minimum atomic E-state index is 0.675. The summed E-state index contributed by atoms with van der Waals surface area (Å²) in [4.78, 5) is 3.28. The third-order valence-corrected chi connectivity index (χ3v) is 5.21. The predicted octanol–water partition coefficient (Wildman–Crippen LogP) is 4.13.